The fraction of sp³-hybridized carbons (Fsp3) is 0.0909. The van der Waals surface area contributed by atoms with Gasteiger partial charge in [-0.05, 0) is 11.6 Å². The monoisotopic (exact) mass is 267 g/mol. The average molecular weight is 267 g/mol. The Bertz CT molecular complexity index is 500. The summed E-state index contributed by atoms with van der Waals surface area (Å²) >= 11 is 1.36. The molecule has 1 aliphatic rings. The molecule has 18 heavy (non-hydrogen) atoms. The van der Waals surface area contributed by atoms with E-state index in [2.05, 4.69) is 4.40 Å². The zero-order valence-electron chi connectivity index (χ0n) is 9.07. The molecule has 0 radical (unpaired) electrons. The highest BCUT2D eigenvalue weighted by molar-refractivity contribution is 7.98. The van der Waals surface area contributed by atoms with Crippen molar-refractivity contribution in [3.63, 3.8) is 0 Å². The largest absolute Gasteiger partial charge is 0.473 e. The Morgan fingerprint density at radius 3 is 2.39 bits per heavy atom. The van der Waals surface area contributed by atoms with Crippen molar-refractivity contribution < 1.29 is 24.6 Å². The van der Waals surface area contributed by atoms with Gasteiger partial charge in [-0.1, -0.05) is 18.2 Å². The predicted octanol–water partition coefficient (Wildman–Crippen LogP) is 1.05. The van der Waals surface area contributed by atoms with Gasteiger partial charge in [0.1, 0.15) is 0 Å². The number of carbonyl (C=O) groups excluding carboxylic acids is 1. The average Bonchev–Trinajstić information content (AvgIpc) is 2.50. The summed E-state index contributed by atoms with van der Waals surface area (Å²) < 4.78 is 3.94. The molecule has 0 spiro atoms. The third-order valence-corrected chi connectivity index (χ3v) is 2.67. The number of carboxylic acids is 2. The lowest BCUT2D eigenvalue weighted by atomic mass is 10.1. The van der Waals surface area contributed by atoms with Gasteiger partial charge < -0.3 is 10.2 Å². The topological polar surface area (TPSA) is 104 Å². The molecule has 1 aromatic rings. The molecule has 0 aliphatic carbocycles. The molecule has 0 saturated carbocycles. The second kappa shape index (κ2) is 6.55. The fourth-order valence-corrected chi connectivity index (χ4v) is 1.79. The van der Waals surface area contributed by atoms with Crippen LogP contribution in [0.3, 0.4) is 0 Å². The summed E-state index contributed by atoms with van der Waals surface area (Å²) in [5.74, 6) is -3.57. The molecule has 6 nitrogen and oxygen atoms in total. The first-order valence-corrected chi connectivity index (χ1v) is 5.55. The number of Topliss-reactive ketones (excluding diaryl/α,β-unsaturated/α-hetero) is 1. The molecular weight excluding hydrogens is 258 g/mol. The lowest BCUT2D eigenvalue weighted by Crippen LogP contribution is -2.09. The number of carboxylic acid groups (broad SMARTS) is 2. The number of hydrogen-bond acceptors (Lipinski definition) is 5. The highest BCUT2D eigenvalue weighted by Crippen LogP contribution is 2.25. The zero-order valence-corrected chi connectivity index (χ0v) is 9.88. The summed E-state index contributed by atoms with van der Waals surface area (Å²) in [4.78, 5) is 30.4. The van der Waals surface area contributed by atoms with Gasteiger partial charge in [0.25, 0.3) is 0 Å². The van der Waals surface area contributed by atoms with Crippen molar-refractivity contribution in [2.45, 2.75) is 11.3 Å². The smallest absolute Gasteiger partial charge is 0.414 e. The van der Waals surface area contributed by atoms with Crippen molar-refractivity contribution in [2.75, 3.05) is 0 Å². The van der Waals surface area contributed by atoms with Crippen molar-refractivity contribution >= 4 is 35.9 Å². The summed E-state index contributed by atoms with van der Waals surface area (Å²) in [5, 5.41) is 14.8. The number of benzene rings is 1. The Hall–Kier alpha value is -2.15. The van der Waals surface area contributed by atoms with Crippen molar-refractivity contribution in [1.29, 1.82) is 0 Å². The number of hydrogen-bond donors (Lipinski definition) is 2. The molecular formula is C11H9NO5S. The second-order valence-corrected chi connectivity index (χ2v) is 4.02. The molecule has 0 atom stereocenters. The van der Waals surface area contributed by atoms with E-state index < -0.39 is 11.9 Å². The first-order valence-electron chi connectivity index (χ1n) is 4.78. The normalized spacial score (nSPS) is 12.8. The van der Waals surface area contributed by atoms with Gasteiger partial charge in [-0.3, -0.25) is 4.79 Å². The lowest BCUT2D eigenvalue weighted by Gasteiger charge is -1.99. The number of carbonyl (C=O) groups is 3. The minimum atomic E-state index is -1.82. The quantitative estimate of drug-likeness (QED) is 0.537. The zero-order chi connectivity index (χ0) is 13.5. The van der Waals surface area contributed by atoms with E-state index in [1.807, 2.05) is 24.3 Å². The lowest BCUT2D eigenvalue weighted by molar-refractivity contribution is -0.159. The minimum absolute atomic E-state index is 0.0763. The van der Waals surface area contributed by atoms with E-state index in [-0.39, 0.29) is 5.78 Å². The van der Waals surface area contributed by atoms with E-state index in [0.717, 1.165) is 10.5 Å². The van der Waals surface area contributed by atoms with Gasteiger partial charge in [-0.25, -0.2) is 14.0 Å². The molecule has 94 valence electrons. The number of aliphatic carboxylic acids is 2. The molecule has 2 N–H and O–H groups in total. The highest BCUT2D eigenvalue weighted by atomic mass is 32.2. The van der Waals surface area contributed by atoms with Crippen LogP contribution in [0.15, 0.2) is 33.6 Å². The molecule has 1 aromatic carbocycles. The van der Waals surface area contributed by atoms with Gasteiger partial charge in [-0.2, -0.15) is 0 Å². The van der Waals surface area contributed by atoms with Crippen LogP contribution in [0.25, 0.3) is 0 Å². The van der Waals surface area contributed by atoms with Crippen LogP contribution in [-0.2, 0) is 20.8 Å². The van der Waals surface area contributed by atoms with E-state index in [1.54, 1.807) is 0 Å². The van der Waals surface area contributed by atoms with Crippen LogP contribution < -0.4 is 0 Å². The van der Waals surface area contributed by atoms with Gasteiger partial charge in [-0.15, -0.1) is 0 Å². The summed E-state index contributed by atoms with van der Waals surface area (Å²) in [6.45, 7) is 0. The molecule has 0 bridgehead atoms. The van der Waals surface area contributed by atoms with Crippen molar-refractivity contribution in [3.8, 4) is 0 Å². The summed E-state index contributed by atoms with van der Waals surface area (Å²) in [6, 6.07) is 7.85. The standard InChI is InChI=1S/C9H7NOS.C2H2O4/c11-8-5-7-3-1-2-4-9(7)12-10-6-8;3-1(4)2(5)6/h1-4,6H,5H2;(H,3,4)(H,5,6). The molecule has 0 fully saturated rings. The van der Waals surface area contributed by atoms with Gasteiger partial charge in [0.05, 0.1) is 6.21 Å². The maximum absolute atomic E-state index is 11.1. The maximum atomic E-state index is 11.1. The first-order chi connectivity index (χ1) is 8.50. The number of fused-ring (bicyclic) bond motifs is 1. The van der Waals surface area contributed by atoms with Crippen LogP contribution in [0.4, 0.5) is 0 Å². The van der Waals surface area contributed by atoms with Crippen LogP contribution in [0, 0.1) is 0 Å². The van der Waals surface area contributed by atoms with Crippen LogP contribution in [0.2, 0.25) is 0 Å². The highest BCUT2D eigenvalue weighted by Gasteiger charge is 2.09. The third-order valence-electron chi connectivity index (χ3n) is 1.87. The number of ketones is 1. The third kappa shape index (κ3) is 4.38. The Morgan fingerprint density at radius 1 is 1.17 bits per heavy atom. The molecule has 7 heteroatoms. The van der Waals surface area contributed by atoms with Gasteiger partial charge >= 0.3 is 11.9 Å². The maximum Gasteiger partial charge on any atom is 0.414 e. The molecule has 0 unspecified atom stereocenters. The Labute approximate surface area is 106 Å². The molecule has 0 amide bonds. The molecule has 0 saturated heterocycles. The van der Waals surface area contributed by atoms with E-state index in [0.29, 0.717) is 6.42 Å². The van der Waals surface area contributed by atoms with E-state index in [9.17, 15) is 4.79 Å². The van der Waals surface area contributed by atoms with E-state index in [1.165, 1.54) is 18.2 Å². The molecule has 1 aliphatic heterocycles. The second-order valence-electron chi connectivity index (χ2n) is 3.19. The van der Waals surface area contributed by atoms with Crippen LogP contribution >= 0.6 is 11.9 Å². The van der Waals surface area contributed by atoms with Crippen LogP contribution in [0.5, 0.6) is 0 Å². The van der Waals surface area contributed by atoms with Crippen molar-refractivity contribution in [3.05, 3.63) is 29.8 Å². The Balaban J connectivity index is 0.000000232. The van der Waals surface area contributed by atoms with Crippen LogP contribution in [-0.4, -0.2) is 34.1 Å². The van der Waals surface area contributed by atoms with Gasteiger partial charge in [0, 0.05) is 23.3 Å². The van der Waals surface area contributed by atoms with E-state index in [4.69, 9.17) is 19.8 Å². The summed E-state index contributed by atoms with van der Waals surface area (Å²) in [7, 11) is 0. The summed E-state index contributed by atoms with van der Waals surface area (Å²) in [5.41, 5.74) is 1.07. The van der Waals surface area contributed by atoms with Crippen molar-refractivity contribution in [1.82, 2.24) is 0 Å². The predicted molar refractivity (Wildman–Crippen MR) is 64.8 cm³/mol. The first kappa shape index (κ1) is 13.9. The van der Waals surface area contributed by atoms with Gasteiger partial charge in [0.15, 0.2) is 5.78 Å². The minimum Gasteiger partial charge on any atom is -0.473 e. The SMILES string of the molecule is O=C(O)C(=O)O.O=C1C=NSc2ccccc2C1. The van der Waals surface area contributed by atoms with Crippen LogP contribution in [0.1, 0.15) is 5.56 Å². The number of nitrogens with zero attached hydrogens (tertiary/aromatic N) is 1. The molecule has 2 rings (SSSR count). The van der Waals surface area contributed by atoms with Gasteiger partial charge in [0.2, 0.25) is 0 Å². The van der Waals surface area contributed by atoms with E-state index >= 15 is 0 Å². The Morgan fingerprint density at radius 2 is 1.78 bits per heavy atom. The number of rotatable bonds is 0. The fourth-order valence-electron chi connectivity index (χ4n) is 1.11. The Kier molecular flexibility index (Phi) is 5.06. The summed E-state index contributed by atoms with van der Waals surface area (Å²) in [6.07, 6.45) is 1.87. The molecule has 1 heterocycles. The molecule has 0 aromatic heterocycles. The van der Waals surface area contributed by atoms with Crippen molar-refractivity contribution in [2.24, 2.45) is 4.40 Å².